The standard InChI is InChI=1S/C9H9F3N4/c1-2-16(6-9(10,11)12)8-5-14-7(3-13)4-15-8/h4-5H,2,6H2,1H3. The maximum Gasteiger partial charge on any atom is 0.405 e. The lowest BCUT2D eigenvalue weighted by atomic mass is 10.4. The molecule has 0 bridgehead atoms. The monoisotopic (exact) mass is 230 g/mol. The predicted octanol–water partition coefficient (Wildman–Crippen LogP) is 1.74. The number of nitriles is 1. The summed E-state index contributed by atoms with van der Waals surface area (Å²) in [7, 11) is 0. The van der Waals surface area contributed by atoms with Crippen molar-refractivity contribution in [3.8, 4) is 6.07 Å². The normalized spacial score (nSPS) is 10.9. The van der Waals surface area contributed by atoms with Crippen molar-refractivity contribution in [1.29, 1.82) is 5.26 Å². The highest BCUT2D eigenvalue weighted by Crippen LogP contribution is 2.19. The van der Waals surface area contributed by atoms with Gasteiger partial charge in [-0.25, -0.2) is 9.97 Å². The molecule has 0 atom stereocenters. The van der Waals surface area contributed by atoms with E-state index in [1.165, 1.54) is 0 Å². The molecule has 0 fully saturated rings. The molecule has 1 rings (SSSR count). The first-order chi connectivity index (χ1) is 7.46. The average molecular weight is 230 g/mol. The van der Waals surface area contributed by atoms with E-state index in [2.05, 4.69) is 9.97 Å². The Morgan fingerprint density at radius 2 is 2.06 bits per heavy atom. The van der Waals surface area contributed by atoms with Crippen molar-refractivity contribution in [2.24, 2.45) is 0 Å². The molecule has 0 radical (unpaired) electrons. The van der Waals surface area contributed by atoms with Gasteiger partial charge in [-0.2, -0.15) is 18.4 Å². The lowest BCUT2D eigenvalue weighted by Gasteiger charge is -2.22. The van der Waals surface area contributed by atoms with E-state index in [1.54, 1.807) is 13.0 Å². The summed E-state index contributed by atoms with van der Waals surface area (Å²) in [6.07, 6.45) is -1.98. The van der Waals surface area contributed by atoms with E-state index >= 15 is 0 Å². The predicted molar refractivity (Wildman–Crippen MR) is 50.7 cm³/mol. The highest BCUT2D eigenvalue weighted by Gasteiger charge is 2.30. The summed E-state index contributed by atoms with van der Waals surface area (Å²) in [5.41, 5.74) is 0.0758. The van der Waals surface area contributed by atoms with Crippen LogP contribution < -0.4 is 4.90 Å². The Labute approximate surface area is 90.3 Å². The molecule has 0 aliphatic rings. The molecule has 86 valence electrons. The number of rotatable bonds is 3. The second kappa shape index (κ2) is 4.79. The van der Waals surface area contributed by atoms with Crippen LogP contribution in [0.2, 0.25) is 0 Å². The van der Waals surface area contributed by atoms with Crippen LogP contribution in [0.25, 0.3) is 0 Å². The van der Waals surface area contributed by atoms with Crippen LogP contribution in [0.3, 0.4) is 0 Å². The minimum Gasteiger partial charge on any atom is -0.347 e. The highest BCUT2D eigenvalue weighted by atomic mass is 19.4. The highest BCUT2D eigenvalue weighted by molar-refractivity contribution is 5.37. The van der Waals surface area contributed by atoms with Crippen LogP contribution in [-0.2, 0) is 0 Å². The van der Waals surface area contributed by atoms with Crippen LogP contribution in [-0.4, -0.2) is 29.2 Å². The molecule has 1 heterocycles. The minimum absolute atomic E-state index is 0.0758. The molecule has 4 nitrogen and oxygen atoms in total. The molecule has 0 aliphatic heterocycles. The molecule has 0 N–H and O–H groups in total. The van der Waals surface area contributed by atoms with Crippen LogP contribution >= 0.6 is 0 Å². The van der Waals surface area contributed by atoms with Crippen molar-refractivity contribution >= 4 is 5.82 Å². The van der Waals surface area contributed by atoms with E-state index in [4.69, 9.17) is 5.26 Å². The molecule has 0 amide bonds. The van der Waals surface area contributed by atoms with Crippen LogP contribution in [0.15, 0.2) is 12.4 Å². The third-order valence-corrected chi connectivity index (χ3v) is 1.83. The van der Waals surface area contributed by atoms with Gasteiger partial charge >= 0.3 is 6.18 Å². The maximum atomic E-state index is 12.2. The third kappa shape index (κ3) is 3.38. The summed E-state index contributed by atoms with van der Waals surface area (Å²) >= 11 is 0. The molecule has 0 saturated carbocycles. The van der Waals surface area contributed by atoms with E-state index in [9.17, 15) is 13.2 Å². The van der Waals surface area contributed by atoms with Crippen molar-refractivity contribution in [3.05, 3.63) is 18.1 Å². The number of hydrogen-bond donors (Lipinski definition) is 0. The van der Waals surface area contributed by atoms with E-state index in [1.807, 2.05) is 0 Å². The first-order valence-electron chi connectivity index (χ1n) is 4.50. The van der Waals surface area contributed by atoms with Gasteiger partial charge in [-0.3, -0.25) is 0 Å². The van der Waals surface area contributed by atoms with Gasteiger partial charge in [-0.15, -0.1) is 0 Å². The van der Waals surface area contributed by atoms with E-state index in [0.29, 0.717) is 0 Å². The van der Waals surface area contributed by atoms with Gasteiger partial charge in [-0.05, 0) is 6.92 Å². The van der Waals surface area contributed by atoms with Crippen molar-refractivity contribution in [2.75, 3.05) is 18.0 Å². The Morgan fingerprint density at radius 3 is 2.44 bits per heavy atom. The summed E-state index contributed by atoms with van der Waals surface area (Å²) in [6, 6.07) is 1.75. The van der Waals surface area contributed by atoms with Crippen molar-refractivity contribution in [1.82, 2.24) is 9.97 Å². The Morgan fingerprint density at radius 1 is 1.38 bits per heavy atom. The van der Waals surface area contributed by atoms with Gasteiger partial charge in [0, 0.05) is 6.54 Å². The quantitative estimate of drug-likeness (QED) is 0.793. The van der Waals surface area contributed by atoms with E-state index in [0.717, 1.165) is 17.3 Å². The van der Waals surface area contributed by atoms with Gasteiger partial charge in [0.15, 0.2) is 5.69 Å². The smallest absolute Gasteiger partial charge is 0.347 e. The minimum atomic E-state index is -4.29. The number of anilines is 1. The molecule has 1 aromatic rings. The molecule has 1 aromatic heterocycles. The third-order valence-electron chi connectivity index (χ3n) is 1.83. The molecular weight excluding hydrogens is 221 g/mol. The summed E-state index contributed by atoms with van der Waals surface area (Å²) in [4.78, 5) is 8.45. The SMILES string of the molecule is CCN(CC(F)(F)F)c1cnc(C#N)cn1. The zero-order chi connectivity index (χ0) is 12.2. The molecule has 7 heteroatoms. The fourth-order valence-electron chi connectivity index (χ4n) is 1.11. The molecular formula is C9H9F3N4. The van der Waals surface area contributed by atoms with Gasteiger partial charge in [0.1, 0.15) is 18.4 Å². The Kier molecular flexibility index (Phi) is 3.66. The van der Waals surface area contributed by atoms with Crippen molar-refractivity contribution in [3.63, 3.8) is 0 Å². The first-order valence-corrected chi connectivity index (χ1v) is 4.50. The second-order valence-electron chi connectivity index (χ2n) is 3.00. The van der Waals surface area contributed by atoms with Crippen molar-refractivity contribution < 1.29 is 13.2 Å². The summed E-state index contributed by atoms with van der Waals surface area (Å²) in [6.45, 7) is 0.676. The summed E-state index contributed by atoms with van der Waals surface area (Å²) < 4.78 is 36.5. The number of alkyl halides is 3. The molecule has 0 saturated heterocycles. The van der Waals surface area contributed by atoms with Crippen molar-refractivity contribution in [2.45, 2.75) is 13.1 Å². The van der Waals surface area contributed by atoms with Crippen LogP contribution in [0.4, 0.5) is 19.0 Å². The van der Waals surface area contributed by atoms with Crippen LogP contribution in [0.1, 0.15) is 12.6 Å². The molecule has 16 heavy (non-hydrogen) atoms. The summed E-state index contributed by atoms with van der Waals surface area (Å²) in [5, 5.41) is 8.46. The molecule has 0 aliphatic carbocycles. The maximum absolute atomic E-state index is 12.2. The van der Waals surface area contributed by atoms with Crippen LogP contribution in [0, 0.1) is 11.3 Å². The lowest BCUT2D eigenvalue weighted by molar-refractivity contribution is -0.119. The van der Waals surface area contributed by atoms with Gasteiger partial charge in [0.05, 0.1) is 12.4 Å². The zero-order valence-corrected chi connectivity index (χ0v) is 8.49. The lowest BCUT2D eigenvalue weighted by Crippen LogP contribution is -2.34. The Balaban J connectivity index is 2.84. The number of hydrogen-bond acceptors (Lipinski definition) is 4. The molecule has 0 spiro atoms. The molecule has 0 aromatic carbocycles. The Bertz CT molecular complexity index is 379. The number of halogens is 3. The fraction of sp³-hybridized carbons (Fsp3) is 0.444. The van der Waals surface area contributed by atoms with E-state index in [-0.39, 0.29) is 18.1 Å². The van der Waals surface area contributed by atoms with Gasteiger partial charge < -0.3 is 4.90 Å². The Hall–Kier alpha value is -1.84. The van der Waals surface area contributed by atoms with Gasteiger partial charge in [-0.1, -0.05) is 0 Å². The average Bonchev–Trinajstić information content (AvgIpc) is 2.25. The zero-order valence-electron chi connectivity index (χ0n) is 8.49. The topological polar surface area (TPSA) is 52.8 Å². The molecule has 0 unspecified atom stereocenters. The largest absolute Gasteiger partial charge is 0.405 e. The number of nitrogens with zero attached hydrogens (tertiary/aromatic N) is 4. The fourth-order valence-corrected chi connectivity index (χ4v) is 1.11. The summed E-state index contributed by atoms with van der Waals surface area (Å²) in [5.74, 6) is 0.110. The first kappa shape index (κ1) is 12.2. The van der Waals surface area contributed by atoms with Gasteiger partial charge in [0.25, 0.3) is 0 Å². The van der Waals surface area contributed by atoms with Crippen LogP contribution in [0.5, 0.6) is 0 Å². The van der Waals surface area contributed by atoms with E-state index < -0.39 is 12.7 Å². The second-order valence-corrected chi connectivity index (χ2v) is 3.00. The van der Waals surface area contributed by atoms with Gasteiger partial charge in [0.2, 0.25) is 0 Å². The number of aromatic nitrogens is 2.